The number of nitrogens with one attached hydrogen (secondary N) is 2. The van der Waals surface area contributed by atoms with E-state index in [9.17, 15) is 41.1 Å². The molecule has 1 saturated carbocycles. The first kappa shape index (κ1) is 87.6. The number of thiazole rings is 1. The zero-order valence-corrected chi connectivity index (χ0v) is 73.9. The molecule has 0 spiro atoms. The smallest absolute Gasteiger partial charge is 0.276 e. The number of aromatic amines is 1. The lowest BCUT2D eigenvalue weighted by Gasteiger charge is -2.14. The van der Waals surface area contributed by atoms with Gasteiger partial charge in [-0.1, -0.05) is 109 Å². The summed E-state index contributed by atoms with van der Waals surface area (Å²) in [5.74, 6) is -0.529. The third kappa shape index (κ3) is 19.8. The highest BCUT2D eigenvalue weighted by atomic mass is 32.2. The molecular weight excluding hydrogens is 1710 g/mol. The average molecular weight is 1790 g/mol. The number of benzene rings is 11. The number of pyridine rings is 5. The van der Waals surface area contributed by atoms with Crippen LogP contribution in [0.5, 0.6) is 0 Å². The van der Waals surface area contributed by atoms with Crippen LogP contribution in [0.3, 0.4) is 0 Å². The van der Waals surface area contributed by atoms with Crippen LogP contribution in [-0.4, -0.2) is 85.0 Å². The fourth-order valence-electron chi connectivity index (χ4n) is 16.5. The molecule has 650 valence electrons. The van der Waals surface area contributed by atoms with Crippen LogP contribution in [0, 0.1) is 45.1 Å². The number of carbonyl (C=O) groups is 3. The van der Waals surface area contributed by atoms with Gasteiger partial charge in [0, 0.05) is 164 Å². The first-order valence-corrected chi connectivity index (χ1v) is 44.9. The molecular formula is C110H80F3N12O6S2-. The fourth-order valence-corrected chi connectivity index (χ4v) is 17.5. The molecule has 1 aliphatic carbocycles. The first-order valence-electron chi connectivity index (χ1n) is 42.9. The summed E-state index contributed by atoms with van der Waals surface area (Å²) in [6, 6.07) is 86.1. The van der Waals surface area contributed by atoms with Crippen molar-refractivity contribution in [1.29, 1.82) is 0 Å². The standard InChI is InChI=1S/C25H18FN3O2S2.C23H18N2O.C21H15FN2O.C21H16N2O.C20H14FN3O/c1-15-9-18(5-7-22(15)26)25-21(17-6-8-23-24(12-17)32-14-28-23)11-19(13-27-25)16-3-2-4-20(10-16)29-33(30)31;26-23-21-9-8-17(14-18(21)10-12-25-23)20-5-2-11-24-22(20)19-4-1-3-16(13-19)15-6-7-15;1-13-11-16(5-7-19(13)22)20-17(3-2-9-23-20)14-4-6-18-15(12-14)8-10-24-21(18)25;1-14-4-2-5-17(12-14)20-18(6-3-10-22-20)15-7-8-19-16(13-15)9-11-23-21(19)24;1-12-9-14(4-6-17(12)21)19-15(3-2-8-22-19)13-5-7-18-16(10-13)20(25)24-11-23-18/h2-14,29H,1H3,(H,30,31);1-5,8-9,11-15H,6-7,10H2;2-7,9-12H,8H2,1H3;2-8,10-13H,9H2,1H3;2-11H,1H3,(H,23,24,25)/p-1. The molecule has 10 heterocycles. The molecule has 1 fully saturated rings. The predicted molar refractivity (Wildman–Crippen MR) is 523 cm³/mol. The second-order valence-corrected chi connectivity index (χ2v) is 33.9. The molecule has 0 saturated heterocycles. The van der Waals surface area contributed by atoms with Crippen molar-refractivity contribution in [3.63, 3.8) is 0 Å². The van der Waals surface area contributed by atoms with Crippen molar-refractivity contribution in [2.45, 2.75) is 65.7 Å². The van der Waals surface area contributed by atoms with Gasteiger partial charge < -0.3 is 14.3 Å². The molecule has 22 rings (SSSR count). The van der Waals surface area contributed by atoms with Gasteiger partial charge in [0.1, 0.15) is 17.5 Å². The van der Waals surface area contributed by atoms with Crippen molar-refractivity contribution >= 4 is 85.8 Å². The number of hydrogen-bond acceptors (Lipinski definition) is 14. The van der Waals surface area contributed by atoms with Gasteiger partial charge in [0.25, 0.3) is 23.3 Å². The number of hydrogen-bond donors (Lipinski definition) is 2. The molecule has 3 amide bonds. The van der Waals surface area contributed by atoms with E-state index in [1.54, 1.807) is 130 Å². The third-order valence-electron chi connectivity index (χ3n) is 23.4. The number of aliphatic imine (C=N–C) groups is 3. The molecule has 4 aliphatic rings. The Kier molecular flexibility index (Phi) is 25.7. The Morgan fingerprint density at radius 3 is 1.26 bits per heavy atom. The number of aryl methyl sites for hydroxylation is 4. The third-order valence-corrected chi connectivity index (χ3v) is 24.6. The summed E-state index contributed by atoms with van der Waals surface area (Å²) in [6.45, 7) is 7.28. The van der Waals surface area contributed by atoms with E-state index in [2.05, 4.69) is 134 Å². The molecule has 7 aromatic heterocycles. The summed E-state index contributed by atoms with van der Waals surface area (Å²) < 4.78 is 66.6. The van der Waals surface area contributed by atoms with Gasteiger partial charge in [0.2, 0.25) is 0 Å². The number of rotatable bonds is 14. The van der Waals surface area contributed by atoms with Gasteiger partial charge in [-0.05, 0) is 289 Å². The lowest BCUT2D eigenvalue weighted by Crippen LogP contribution is -2.08. The molecule has 18 nitrogen and oxygen atoms in total. The molecule has 23 heteroatoms. The van der Waals surface area contributed by atoms with Crippen LogP contribution in [0.2, 0.25) is 0 Å². The molecule has 1 atom stereocenters. The quantitative estimate of drug-likeness (QED) is 0.0961. The summed E-state index contributed by atoms with van der Waals surface area (Å²) in [4.78, 5) is 93.4. The maximum Gasteiger partial charge on any atom is 0.276 e. The molecule has 18 aromatic rings. The number of anilines is 1. The number of amides is 3. The van der Waals surface area contributed by atoms with Crippen LogP contribution in [0.1, 0.15) is 94.3 Å². The Morgan fingerprint density at radius 1 is 0.368 bits per heavy atom. The maximum absolute atomic E-state index is 13.9. The Balaban J connectivity index is 0.000000112. The van der Waals surface area contributed by atoms with Gasteiger partial charge >= 0.3 is 0 Å². The van der Waals surface area contributed by atoms with E-state index in [0.717, 1.165) is 156 Å². The second kappa shape index (κ2) is 39.1. The van der Waals surface area contributed by atoms with Gasteiger partial charge in [0.15, 0.2) is 0 Å². The molecule has 0 bridgehead atoms. The van der Waals surface area contributed by atoms with E-state index in [4.69, 9.17) is 4.98 Å². The van der Waals surface area contributed by atoms with Gasteiger partial charge in [-0.3, -0.25) is 48.3 Å². The van der Waals surface area contributed by atoms with Crippen LogP contribution in [0.4, 0.5) is 18.9 Å². The van der Waals surface area contributed by atoms with Crippen molar-refractivity contribution in [3.8, 4) is 123 Å². The van der Waals surface area contributed by atoms with Crippen molar-refractivity contribution in [2.24, 2.45) is 15.0 Å². The largest absolute Gasteiger partial charge is 0.755 e. The molecule has 1 unspecified atom stereocenters. The summed E-state index contributed by atoms with van der Waals surface area (Å²) in [6.07, 6.45) is 19.8. The highest BCUT2D eigenvalue weighted by Gasteiger charge is 2.26. The maximum atomic E-state index is 13.9. The van der Waals surface area contributed by atoms with E-state index in [0.29, 0.717) is 69.2 Å². The Morgan fingerprint density at radius 2 is 0.789 bits per heavy atom. The second-order valence-electron chi connectivity index (χ2n) is 32.4. The lowest BCUT2D eigenvalue weighted by molar-refractivity contribution is 0.0992. The summed E-state index contributed by atoms with van der Waals surface area (Å²) in [7, 11) is 0. The van der Waals surface area contributed by atoms with Crippen molar-refractivity contribution < 1.29 is 36.3 Å². The van der Waals surface area contributed by atoms with Gasteiger partial charge in [-0.15, -0.1) is 11.3 Å². The average Bonchev–Trinajstić information content (AvgIpc) is 0.839. The minimum absolute atomic E-state index is 0.152. The molecule has 11 aromatic carbocycles. The summed E-state index contributed by atoms with van der Waals surface area (Å²) in [5.41, 5.74) is 33.5. The topological polar surface area (TPSA) is 264 Å². The fraction of sp³-hybridized carbons (Fsp3) is 0.0909. The van der Waals surface area contributed by atoms with Gasteiger partial charge in [0.05, 0.1) is 61.4 Å². The van der Waals surface area contributed by atoms with Crippen LogP contribution >= 0.6 is 11.3 Å². The zero-order valence-electron chi connectivity index (χ0n) is 72.2. The minimum atomic E-state index is -2.41. The van der Waals surface area contributed by atoms with E-state index in [-0.39, 0.29) is 40.7 Å². The minimum Gasteiger partial charge on any atom is -0.755 e. The van der Waals surface area contributed by atoms with Gasteiger partial charge in [-0.2, -0.15) is 0 Å². The summed E-state index contributed by atoms with van der Waals surface area (Å²) >= 11 is -0.846. The normalized spacial score (nSPS) is 12.9. The first-order chi connectivity index (χ1) is 64.7. The van der Waals surface area contributed by atoms with Crippen molar-refractivity contribution in [2.75, 3.05) is 4.72 Å². The number of halogens is 3. The molecule has 3 aliphatic heterocycles. The van der Waals surface area contributed by atoms with Crippen LogP contribution in [-0.2, 0) is 30.5 Å². The van der Waals surface area contributed by atoms with Crippen LogP contribution in [0.25, 0.3) is 144 Å². The molecule has 2 N–H and O–H groups in total. The number of nitrogens with zero attached hydrogens (tertiary/aromatic N) is 10. The highest BCUT2D eigenvalue weighted by molar-refractivity contribution is 7.80. The Labute approximate surface area is 770 Å². The highest BCUT2D eigenvalue weighted by Crippen LogP contribution is 2.44. The van der Waals surface area contributed by atoms with Crippen LogP contribution in [0.15, 0.2) is 336 Å². The van der Waals surface area contributed by atoms with E-state index in [1.165, 1.54) is 48.5 Å². The Hall–Kier alpha value is -16.1. The zero-order chi connectivity index (χ0) is 91.8. The summed E-state index contributed by atoms with van der Waals surface area (Å²) in [5, 5.41) is 0.519. The van der Waals surface area contributed by atoms with Crippen molar-refractivity contribution in [1.82, 2.24) is 39.9 Å². The molecule has 133 heavy (non-hydrogen) atoms. The number of carbonyl (C=O) groups excluding carboxylic acids is 3. The van der Waals surface area contributed by atoms with Crippen LogP contribution < -0.4 is 10.3 Å². The number of aromatic nitrogens is 8. The van der Waals surface area contributed by atoms with Crippen molar-refractivity contribution in [3.05, 3.63) is 405 Å². The lowest BCUT2D eigenvalue weighted by atomic mass is 9.93. The Bertz CT molecular complexity index is 7820. The van der Waals surface area contributed by atoms with E-state index in [1.807, 2.05) is 139 Å². The SMILES string of the molecule is Cc1cc(-c2ncc(-c3cccc(NS(=O)[O-])c3)cc2-c2ccc3ncsc3c2)ccc1F.Cc1cc(-c2ncccc2-c2ccc3c(c2)CC=NC3=O)ccc1F.Cc1cc(-c2ncccc2-c2ccc3nc[nH]c(=O)c3c2)ccc1F.Cc1cccc(-c2ncccc2-c2ccc3c(c2)CC=NC3=O)c1.O=C1N=CCc2cc(-c3cccnc3-c3cccc(C4CC4)c3)ccc21. The number of fused-ring (bicyclic) bond motifs is 5. The van der Waals surface area contributed by atoms with Gasteiger partial charge in [-0.25, -0.2) is 38.1 Å². The predicted octanol–water partition coefficient (Wildman–Crippen LogP) is 24.6. The van der Waals surface area contributed by atoms with E-state index < -0.39 is 11.3 Å². The number of H-pyrrole nitrogens is 1. The molecule has 0 radical (unpaired) electrons. The van der Waals surface area contributed by atoms with E-state index >= 15 is 0 Å². The monoisotopic (exact) mass is 1790 g/mol.